The summed E-state index contributed by atoms with van der Waals surface area (Å²) in [4.78, 5) is 14.2. The molecule has 1 heterocycles. The molecule has 0 saturated carbocycles. The zero-order chi connectivity index (χ0) is 14.9. The third-order valence-electron chi connectivity index (χ3n) is 3.97. The summed E-state index contributed by atoms with van der Waals surface area (Å²) in [5.41, 5.74) is 6.39. The van der Waals surface area contributed by atoms with Crippen LogP contribution in [0.2, 0.25) is 0 Å². The van der Waals surface area contributed by atoms with Crippen LogP contribution in [0.15, 0.2) is 24.3 Å². The number of ether oxygens (including phenoxy) is 1. The van der Waals surface area contributed by atoms with Gasteiger partial charge in [0.25, 0.3) is 0 Å². The minimum absolute atomic E-state index is 0.0287. The van der Waals surface area contributed by atoms with Crippen LogP contribution in [0, 0.1) is 0 Å². The number of methoxy groups -OCH3 is 1. The van der Waals surface area contributed by atoms with Crippen LogP contribution < -0.4 is 10.5 Å². The number of nitrogens with zero attached hydrogens (tertiary/aromatic N) is 1. The number of rotatable bonds is 3. The number of amides is 1. The van der Waals surface area contributed by atoms with E-state index >= 15 is 0 Å². The van der Waals surface area contributed by atoms with Crippen LogP contribution in [0.25, 0.3) is 0 Å². The van der Waals surface area contributed by atoms with Crippen molar-refractivity contribution >= 4 is 5.91 Å². The lowest BCUT2D eigenvalue weighted by atomic mass is 9.97. The summed E-state index contributed by atoms with van der Waals surface area (Å²) >= 11 is 0. The van der Waals surface area contributed by atoms with Gasteiger partial charge in [-0.3, -0.25) is 4.79 Å². The number of carbonyl (C=O) groups is 1. The van der Waals surface area contributed by atoms with Crippen LogP contribution in [-0.2, 0) is 4.79 Å². The van der Waals surface area contributed by atoms with Crippen LogP contribution in [0.1, 0.15) is 38.7 Å². The molecule has 2 rings (SSSR count). The number of hydrogen-bond donors (Lipinski definition) is 1. The average Bonchev–Trinajstić information content (AvgIpc) is 2.79. The highest BCUT2D eigenvalue weighted by Gasteiger charge is 2.37. The van der Waals surface area contributed by atoms with Gasteiger partial charge < -0.3 is 15.4 Å². The highest BCUT2D eigenvalue weighted by atomic mass is 16.5. The Balaban J connectivity index is 2.11. The highest BCUT2D eigenvalue weighted by molar-refractivity contribution is 5.85. The molecule has 110 valence electrons. The Labute approximate surface area is 120 Å². The first-order valence-electron chi connectivity index (χ1n) is 7.07. The zero-order valence-electron chi connectivity index (χ0n) is 12.7. The zero-order valence-corrected chi connectivity index (χ0v) is 12.7. The molecule has 20 heavy (non-hydrogen) atoms. The Morgan fingerprint density at radius 3 is 2.45 bits per heavy atom. The number of benzene rings is 1. The maximum atomic E-state index is 12.3. The summed E-state index contributed by atoms with van der Waals surface area (Å²) in [6, 6.07) is 8.34. The molecule has 1 aromatic rings. The van der Waals surface area contributed by atoms with E-state index in [1.165, 1.54) is 5.56 Å². The van der Waals surface area contributed by atoms with Gasteiger partial charge in [0.05, 0.1) is 12.6 Å². The van der Waals surface area contributed by atoms with Gasteiger partial charge in [-0.15, -0.1) is 0 Å². The summed E-state index contributed by atoms with van der Waals surface area (Å²) in [7, 11) is 1.66. The summed E-state index contributed by atoms with van der Waals surface area (Å²) in [5.74, 6) is 1.26. The largest absolute Gasteiger partial charge is 0.497 e. The monoisotopic (exact) mass is 276 g/mol. The van der Waals surface area contributed by atoms with E-state index in [-0.39, 0.29) is 11.9 Å². The Kier molecular flexibility index (Phi) is 4.04. The highest BCUT2D eigenvalue weighted by Crippen LogP contribution is 2.33. The van der Waals surface area contributed by atoms with Gasteiger partial charge in [-0.25, -0.2) is 0 Å². The number of likely N-dealkylation sites (tertiary alicyclic amines) is 1. The number of nitrogens with two attached hydrogens (primary N) is 1. The van der Waals surface area contributed by atoms with Crippen LogP contribution in [-0.4, -0.2) is 36.0 Å². The van der Waals surface area contributed by atoms with Gasteiger partial charge in [0.15, 0.2) is 0 Å². The van der Waals surface area contributed by atoms with E-state index in [9.17, 15) is 4.79 Å². The molecule has 2 unspecified atom stereocenters. The molecule has 1 fully saturated rings. The molecular weight excluding hydrogens is 252 g/mol. The minimum Gasteiger partial charge on any atom is -0.497 e. The Bertz CT molecular complexity index is 476. The summed E-state index contributed by atoms with van der Waals surface area (Å²) in [6.07, 6.45) is 0.980. The third-order valence-corrected chi connectivity index (χ3v) is 3.97. The van der Waals surface area contributed by atoms with E-state index in [4.69, 9.17) is 10.5 Å². The summed E-state index contributed by atoms with van der Waals surface area (Å²) < 4.78 is 5.18. The van der Waals surface area contributed by atoms with E-state index in [1.807, 2.05) is 17.0 Å². The summed E-state index contributed by atoms with van der Waals surface area (Å²) in [6.45, 7) is 6.37. The van der Waals surface area contributed by atoms with Crippen molar-refractivity contribution < 1.29 is 9.53 Å². The topological polar surface area (TPSA) is 55.6 Å². The Morgan fingerprint density at radius 1 is 1.35 bits per heavy atom. The van der Waals surface area contributed by atoms with Crippen molar-refractivity contribution in [2.24, 2.45) is 5.73 Å². The fourth-order valence-electron chi connectivity index (χ4n) is 2.80. The van der Waals surface area contributed by atoms with E-state index < -0.39 is 5.54 Å². The van der Waals surface area contributed by atoms with E-state index in [2.05, 4.69) is 19.1 Å². The maximum absolute atomic E-state index is 12.3. The van der Waals surface area contributed by atoms with Crippen LogP contribution in [0.4, 0.5) is 0 Å². The van der Waals surface area contributed by atoms with E-state index in [0.29, 0.717) is 5.92 Å². The van der Waals surface area contributed by atoms with Gasteiger partial charge in [-0.2, -0.15) is 0 Å². The molecule has 1 amide bonds. The van der Waals surface area contributed by atoms with Crippen LogP contribution in [0.3, 0.4) is 0 Å². The molecule has 0 bridgehead atoms. The normalized spacial score (nSPS) is 22.9. The second-order valence-corrected chi connectivity index (χ2v) is 6.23. The Hall–Kier alpha value is -1.55. The lowest BCUT2D eigenvalue weighted by molar-refractivity contribution is -0.136. The molecule has 1 aromatic carbocycles. The SMILES string of the molecule is COc1ccc(C2CC(C)N(C(=O)C(C)(C)N)C2)cc1. The van der Waals surface area contributed by atoms with Gasteiger partial charge in [-0.1, -0.05) is 12.1 Å². The molecule has 4 nitrogen and oxygen atoms in total. The van der Waals surface area contributed by atoms with Crippen molar-refractivity contribution in [1.82, 2.24) is 4.90 Å². The molecule has 1 saturated heterocycles. The van der Waals surface area contributed by atoms with Crippen LogP contribution in [0.5, 0.6) is 5.75 Å². The number of hydrogen-bond acceptors (Lipinski definition) is 3. The van der Waals surface area contributed by atoms with E-state index in [0.717, 1.165) is 18.7 Å². The second kappa shape index (κ2) is 5.44. The van der Waals surface area contributed by atoms with Crippen molar-refractivity contribution in [1.29, 1.82) is 0 Å². The second-order valence-electron chi connectivity index (χ2n) is 6.23. The fourth-order valence-corrected chi connectivity index (χ4v) is 2.80. The predicted octanol–water partition coefficient (Wildman–Crippen LogP) is 2.14. The minimum atomic E-state index is -0.803. The molecule has 0 spiro atoms. The molecule has 2 N–H and O–H groups in total. The average molecular weight is 276 g/mol. The lowest BCUT2D eigenvalue weighted by Crippen LogP contribution is -2.52. The van der Waals surface area contributed by atoms with Crippen molar-refractivity contribution in [3.8, 4) is 5.75 Å². The first-order chi connectivity index (χ1) is 9.32. The quantitative estimate of drug-likeness (QED) is 0.920. The van der Waals surface area contributed by atoms with Gasteiger partial charge >= 0.3 is 0 Å². The molecule has 0 radical (unpaired) electrons. The maximum Gasteiger partial charge on any atom is 0.242 e. The molecular formula is C16H24N2O2. The fraction of sp³-hybridized carbons (Fsp3) is 0.562. The first kappa shape index (κ1) is 14.9. The van der Waals surface area contributed by atoms with Crippen LogP contribution >= 0.6 is 0 Å². The van der Waals surface area contributed by atoms with Crippen molar-refractivity contribution in [3.63, 3.8) is 0 Å². The molecule has 4 heteroatoms. The van der Waals surface area contributed by atoms with Gasteiger partial charge in [0.2, 0.25) is 5.91 Å². The van der Waals surface area contributed by atoms with Gasteiger partial charge in [0, 0.05) is 18.5 Å². The van der Waals surface area contributed by atoms with Crippen molar-refractivity contribution in [3.05, 3.63) is 29.8 Å². The molecule has 0 aromatic heterocycles. The third kappa shape index (κ3) is 2.96. The molecule has 1 aliphatic heterocycles. The summed E-state index contributed by atoms with van der Waals surface area (Å²) in [5, 5.41) is 0. The predicted molar refractivity (Wildman–Crippen MR) is 79.8 cm³/mol. The first-order valence-corrected chi connectivity index (χ1v) is 7.07. The molecule has 2 atom stereocenters. The Morgan fingerprint density at radius 2 is 1.95 bits per heavy atom. The lowest BCUT2D eigenvalue weighted by Gasteiger charge is -2.29. The van der Waals surface area contributed by atoms with Gasteiger partial charge in [0.1, 0.15) is 5.75 Å². The van der Waals surface area contributed by atoms with E-state index in [1.54, 1.807) is 21.0 Å². The van der Waals surface area contributed by atoms with Crippen molar-refractivity contribution in [2.75, 3.05) is 13.7 Å². The van der Waals surface area contributed by atoms with Gasteiger partial charge in [-0.05, 0) is 44.9 Å². The number of carbonyl (C=O) groups excluding carboxylic acids is 1. The standard InChI is InChI=1S/C16H24N2O2/c1-11-9-13(10-18(11)15(19)16(2,3)17)12-5-7-14(20-4)8-6-12/h5-8,11,13H,9-10,17H2,1-4H3. The molecule has 1 aliphatic rings. The molecule has 0 aliphatic carbocycles. The smallest absolute Gasteiger partial charge is 0.242 e. The van der Waals surface area contributed by atoms with Crippen molar-refractivity contribution in [2.45, 2.75) is 44.7 Å².